The van der Waals surface area contributed by atoms with Gasteiger partial charge in [0.05, 0.1) is 25.0 Å². The number of alkyl halides is 3. The number of piperazine rings is 1. The molecule has 0 radical (unpaired) electrons. The normalized spacial score (nSPS) is 15.1. The molecule has 0 unspecified atom stereocenters. The predicted molar refractivity (Wildman–Crippen MR) is 173 cm³/mol. The summed E-state index contributed by atoms with van der Waals surface area (Å²) in [6.45, 7) is 8.32. The van der Waals surface area contributed by atoms with Gasteiger partial charge in [-0.3, -0.25) is 19.5 Å². The zero-order valence-electron chi connectivity index (χ0n) is 26.5. The molecule has 2 aliphatic heterocycles. The lowest BCUT2D eigenvalue weighted by Gasteiger charge is -2.35. The van der Waals surface area contributed by atoms with Crippen LogP contribution in [0.25, 0.3) is 0 Å². The largest absolute Gasteiger partial charge is 0.467 e. The first-order valence-electron chi connectivity index (χ1n) is 14.8. The van der Waals surface area contributed by atoms with Gasteiger partial charge in [-0.2, -0.15) is 23.1 Å². The highest BCUT2D eigenvalue weighted by atomic mass is 19.4. The van der Waals surface area contributed by atoms with Crippen molar-refractivity contribution in [3.05, 3.63) is 72.3 Å². The van der Waals surface area contributed by atoms with Crippen LogP contribution >= 0.6 is 0 Å². The van der Waals surface area contributed by atoms with Crippen LogP contribution in [0.3, 0.4) is 0 Å². The molecule has 0 bridgehead atoms. The van der Waals surface area contributed by atoms with Gasteiger partial charge in [-0.25, -0.2) is 9.97 Å². The number of carbonyl (C=O) groups excluding carboxylic acids is 2. The lowest BCUT2D eigenvalue weighted by molar-refractivity contribution is -0.137. The minimum Gasteiger partial charge on any atom is -0.467 e. The maximum Gasteiger partial charge on any atom is 0.421 e. The van der Waals surface area contributed by atoms with Crippen LogP contribution in [0.1, 0.15) is 16.7 Å². The van der Waals surface area contributed by atoms with Crippen LogP contribution in [0, 0.1) is 6.92 Å². The minimum atomic E-state index is -4.79. The number of aromatic nitrogens is 4. The quantitative estimate of drug-likeness (QED) is 0.272. The molecule has 5 rings (SSSR count). The van der Waals surface area contributed by atoms with E-state index >= 15 is 0 Å². The number of aliphatic imine (C=N–C) groups is 1. The molecule has 14 nitrogen and oxygen atoms in total. The van der Waals surface area contributed by atoms with Crippen molar-refractivity contribution in [1.82, 2.24) is 34.6 Å². The molecule has 0 spiro atoms. The highest BCUT2D eigenvalue weighted by Crippen LogP contribution is 2.37. The number of ether oxygens (including phenoxy) is 1. The number of methoxy groups -OCH3 is 1. The van der Waals surface area contributed by atoms with E-state index < -0.39 is 23.5 Å². The third kappa shape index (κ3) is 8.22. The third-order valence-corrected chi connectivity index (χ3v) is 7.50. The monoisotopic (exact) mass is 665 g/mol. The van der Waals surface area contributed by atoms with Gasteiger partial charge >= 0.3 is 12.2 Å². The molecule has 1 saturated heterocycles. The second-order valence-corrected chi connectivity index (χ2v) is 11.0. The molecule has 0 aliphatic carbocycles. The van der Waals surface area contributed by atoms with E-state index in [4.69, 9.17) is 4.74 Å². The predicted octanol–water partition coefficient (Wildman–Crippen LogP) is 3.72. The van der Waals surface area contributed by atoms with Crippen molar-refractivity contribution >= 4 is 46.5 Å². The van der Waals surface area contributed by atoms with Gasteiger partial charge in [-0.05, 0) is 30.7 Å². The third-order valence-electron chi connectivity index (χ3n) is 7.50. The number of rotatable bonds is 10. The Morgan fingerprint density at radius 1 is 1.04 bits per heavy atom. The van der Waals surface area contributed by atoms with E-state index in [1.807, 2.05) is 11.9 Å². The Morgan fingerprint density at radius 2 is 1.81 bits per heavy atom. The summed E-state index contributed by atoms with van der Waals surface area (Å²) in [6.07, 6.45) is 1.82. The van der Waals surface area contributed by atoms with Crippen molar-refractivity contribution in [3.63, 3.8) is 0 Å². The Morgan fingerprint density at radius 3 is 2.50 bits per heavy atom. The average Bonchev–Trinajstić information content (AvgIpc) is 3.06. The average molecular weight is 666 g/mol. The lowest BCUT2D eigenvalue weighted by atomic mass is 10.1. The Hall–Kier alpha value is -5.58. The van der Waals surface area contributed by atoms with E-state index in [9.17, 15) is 22.8 Å². The van der Waals surface area contributed by atoms with Crippen molar-refractivity contribution in [2.75, 3.05) is 62.8 Å². The van der Waals surface area contributed by atoms with Crippen LogP contribution in [0.4, 0.5) is 42.1 Å². The van der Waals surface area contributed by atoms with Crippen LogP contribution in [0.5, 0.6) is 6.01 Å². The van der Waals surface area contributed by atoms with Crippen molar-refractivity contribution in [2.45, 2.75) is 19.6 Å². The van der Waals surface area contributed by atoms with Gasteiger partial charge < -0.3 is 30.5 Å². The first kappa shape index (κ1) is 33.8. The van der Waals surface area contributed by atoms with E-state index in [0.717, 1.165) is 11.6 Å². The van der Waals surface area contributed by atoms with Crippen molar-refractivity contribution < 1.29 is 27.5 Å². The van der Waals surface area contributed by atoms with Gasteiger partial charge in [-0.15, -0.1) is 0 Å². The summed E-state index contributed by atoms with van der Waals surface area (Å²) in [5.74, 6) is -1.12. The minimum absolute atomic E-state index is 0.0477. The number of nitrogens with zero attached hydrogens (tertiary/aromatic N) is 8. The number of halogens is 3. The fourth-order valence-electron chi connectivity index (χ4n) is 4.95. The summed E-state index contributed by atoms with van der Waals surface area (Å²) in [7, 11) is 3.26. The Bertz CT molecular complexity index is 1760. The molecule has 48 heavy (non-hydrogen) atoms. The zero-order chi connectivity index (χ0) is 34.4. The Balaban J connectivity index is 1.35. The topological polar surface area (TPSA) is 153 Å². The number of carbonyl (C=O) groups is 2. The second-order valence-electron chi connectivity index (χ2n) is 11.0. The molecule has 0 atom stereocenters. The molecule has 1 fully saturated rings. The van der Waals surface area contributed by atoms with Crippen LogP contribution in [0.15, 0.2) is 60.6 Å². The Kier molecular flexibility index (Phi) is 10.2. The number of hydrogen-bond acceptors (Lipinski definition) is 12. The van der Waals surface area contributed by atoms with Crippen LogP contribution in [0.2, 0.25) is 0 Å². The molecule has 3 N–H and O–H groups in total. The summed E-state index contributed by atoms with van der Waals surface area (Å²) < 4.78 is 47.2. The molecule has 0 saturated carbocycles. The summed E-state index contributed by atoms with van der Waals surface area (Å²) in [4.78, 5) is 51.4. The van der Waals surface area contributed by atoms with Crippen LogP contribution in [-0.4, -0.2) is 99.0 Å². The highest BCUT2D eigenvalue weighted by Gasteiger charge is 2.36. The molecule has 252 valence electrons. The van der Waals surface area contributed by atoms with Gasteiger partial charge in [0.25, 0.3) is 5.91 Å². The smallest absolute Gasteiger partial charge is 0.421 e. The van der Waals surface area contributed by atoms with Gasteiger partial charge in [0.15, 0.2) is 0 Å². The van der Waals surface area contributed by atoms with Crippen LogP contribution in [-0.2, 0) is 22.3 Å². The molecule has 2 aromatic heterocycles. The van der Waals surface area contributed by atoms with Crippen LogP contribution < -0.4 is 20.7 Å². The molecular weight excluding hydrogens is 631 g/mol. The fraction of sp³-hybridized carbons (Fsp3) is 0.323. The summed E-state index contributed by atoms with van der Waals surface area (Å²) >= 11 is 0. The molecule has 4 heterocycles. The van der Waals surface area contributed by atoms with Crippen molar-refractivity contribution in [2.24, 2.45) is 4.99 Å². The highest BCUT2D eigenvalue weighted by molar-refractivity contribution is 6.40. The molecule has 1 aromatic carbocycles. The van der Waals surface area contributed by atoms with Gasteiger partial charge in [-0.1, -0.05) is 12.6 Å². The summed E-state index contributed by atoms with van der Waals surface area (Å²) in [6, 6.07) is 5.02. The number of benzene rings is 1. The van der Waals surface area contributed by atoms with E-state index in [1.54, 1.807) is 42.4 Å². The number of hydrogen-bond donors (Lipinski definition) is 3. The van der Waals surface area contributed by atoms with Gasteiger partial charge in [0.2, 0.25) is 11.9 Å². The van der Waals surface area contributed by atoms with Crippen molar-refractivity contribution in [3.8, 4) is 6.01 Å². The number of aryl methyl sites for hydroxylation is 1. The van der Waals surface area contributed by atoms with Gasteiger partial charge in [0.1, 0.15) is 22.9 Å². The fourth-order valence-corrected chi connectivity index (χ4v) is 4.95. The molecule has 2 aliphatic rings. The summed E-state index contributed by atoms with van der Waals surface area (Å²) in [5.41, 5.74) is 1.12. The SMILES string of the molecule is C=CC(=O)Nc1cc(CN2CCN(C(=O)C3=NC=CN(C)C3)CC2)ccc1Nc1nc(Nc2nc(OC)ncc2C)ncc1C(F)(F)F. The van der Waals surface area contributed by atoms with E-state index in [-0.39, 0.29) is 35.1 Å². The lowest BCUT2D eigenvalue weighted by Crippen LogP contribution is -2.51. The number of amides is 2. The van der Waals surface area contributed by atoms with E-state index in [0.29, 0.717) is 56.7 Å². The molecule has 2 amide bonds. The standard InChI is InChI=1S/C31H34F3N11O3/c1-5-25(46)38-23-14-20(17-44-10-12-45(13-11-44)28(47)24-18-43(3)9-8-35-24)6-7-22(23)39-27-21(31(32,33)34)16-36-29(41-27)40-26-19(2)15-37-30(42-26)48-4/h5-9,14-16H,1,10-13,17-18H2,2-4H3,(H,38,46)(H2,36,37,39,40,41,42). The first-order chi connectivity index (χ1) is 22.9. The van der Waals surface area contributed by atoms with E-state index in [1.165, 1.54) is 13.3 Å². The van der Waals surface area contributed by atoms with E-state index in [2.05, 4.69) is 52.4 Å². The van der Waals surface area contributed by atoms with Crippen molar-refractivity contribution in [1.29, 1.82) is 0 Å². The maximum absolute atomic E-state index is 14.1. The maximum atomic E-state index is 14.1. The first-order valence-corrected chi connectivity index (χ1v) is 14.8. The molecule has 17 heteroatoms. The zero-order valence-corrected chi connectivity index (χ0v) is 26.5. The Labute approximate surface area is 274 Å². The number of nitrogens with one attached hydrogen (secondary N) is 3. The summed E-state index contributed by atoms with van der Waals surface area (Å²) in [5, 5.41) is 8.20. The number of anilines is 5. The second kappa shape index (κ2) is 14.5. The molecule has 3 aromatic rings. The van der Waals surface area contributed by atoms with Gasteiger partial charge in [0, 0.05) is 70.1 Å². The molecular formula is C31H34F3N11O3.